The molecule has 138 valence electrons. The molecule has 1 saturated heterocycles. The van der Waals surface area contributed by atoms with Gasteiger partial charge in [-0.25, -0.2) is 9.37 Å². The Morgan fingerprint density at radius 1 is 1.26 bits per heavy atom. The average Bonchev–Trinajstić information content (AvgIpc) is 3.33. The Morgan fingerprint density at radius 3 is 2.93 bits per heavy atom. The third kappa shape index (κ3) is 4.19. The maximum atomic E-state index is 13.3. The molecule has 4 rings (SSSR count). The van der Waals surface area contributed by atoms with Gasteiger partial charge < -0.3 is 4.90 Å². The van der Waals surface area contributed by atoms with Gasteiger partial charge in [0.2, 0.25) is 5.91 Å². The Balaban J connectivity index is 1.33. The van der Waals surface area contributed by atoms with Gasteiger partial charge in [0.1, 0.15) is 11.6 Å². The molecule has 3 aromatic rings. The van der Waals surface area contributed by atoms with Gasteiger partial charge >= 0.3 is 0 Å². The van der Waals surface area contributed by atoms with Gasteiger partial charge in [0.25, 0.3) is 0 Å². The first-order valence-corrected chi connectivity index (χ1v) is 9.01. The molecule has 0 bridgehead atoms. The van der Waals surface area contributed by atoms with E-state index >= 15 is 0 Å². The van der Waals surface area contributed by atoms with E-state index in [1.165, 1.54) is 12.1 Å². The van der Waals surface area contributed by atoms with E-state index in [9.17, 15) is 9.18 Å². The van der Waals surface area contributed by atoms with Crippen LogP contribution >= 0.6 is 0 Å². The van der Waals surface area contributed by atoms with Gasteiger partial charge in [-0.3, -0.25) is 14.9 Å². The van der Waals surface area contributed by atoms with E-state index in [1.807, 2.05) is 17.0 Å². The third-order valence-corrected chi connectivity index (χ3v) is 4.84. The molecule has 1 aromatic carbocycles. The summed E-state index contributed by atoms with van der Waals surface area (Å²) in [5, 5.41) is 7.26. The number of likely N-dealkylation sites (tertiary alicyclic amines) is 1. The summed E-state index contributed by atoms with van der Waals surface area (Å²) in [6, 6.07) is 9.96. The van der Waals surface area contributed by atoms with Crippen molar-refractivity contribution in [3.05, 3.63) is 66.0 Å². The van der Waals surface area contributed by atoms with Gasteiger partial charge in [-0.2, -0.15) is 5.10 Å². The van der Waals surface area contributed by atoms with E-state index < -0.39 is 0 Å². The van der Waals surface area contributed by atoms with Gasteiger partial charge in [0.05, 0.1) is 6.42 Å². The van der Waals surface area contributed by atoms with Crippen LogP contribution in [0, 0.1) is 11.7 Å². The second kappa shape index (κ2) is 7.65. The molecule has 2 aromatic heterocycles. The third-order valence-electron chi connectivity index (χ3n) is 4.84. The number of nitrogens with one attached hydrogen (secondary N) is 1. The normalized spacial score (nSPS) is 16.6. The largest absolute Gasteiger partial charge is 0.342 e. The SMILES string of the molecule is O=C(Cc1cccc(F)c1)N1CCC(Cc2nc(-c3ccncc3)n[nH]2)C1. The van der Waals surface area contributed by atoms with Crippen LogP contribution in [0.3, 0.4) is 0 Å². The minimum atomic E-state index is -0.310. The van der Waals surface area contributed by atoms with Crippen molar-refractivity contribution in [2.45, 2.75) is 19.3 Å². The molecule has 7 heteroatoms. The summed E-state index contributed by atoms with van der Waals surface area (Å²) in [7, 11) is 0. The zero-order chi connectivity index (χ0) is 18.6. The van der Waals surface area contributed by atoms with Crippen LogP contribution in [-0.4, -0.2) is 44.1 Å². The Labute approximate surface area is 156 Å². The highest BCUT2D eigenvalue weighted by Crippen LogP contribution is 2.22. The van der Waals surface area contributed by atoms with Crippen molar-refractivity contribution >= 4 is 5.91 Å². The van der Waals surface area contributed by atoms with Crippen LogP contribution in [0.15, 0.2) is 48.8 Å². The molecule has 1 aliphatic rings. The van der Waals surface area contributed by atoms with Crippen molar-refractivity contribution in [3.8, 4) is 11.4 Å². The number of rotatable bonds is 5. The maximum absolute atomic E-state index is 13.3. The highest BCUT2D eigenvalue weighted by molar-refractivity contribution is 5.79. The first kappa shape index (κ1) is 17.3. The Bertz CT molecular complexity index is 927. The van der Waals surface area contributed by atoms with Crippen molar-refractivity contribution in [2.24, 2.45) is 5.92 Å². The van der Waals surface area contributed by atoms with Crippen LogP contribution in [0.4, 0.5) is 4.39 Å². The predicted molar refractivity (Wildman–Crippen MR) is 98.1 cm³/mol. The Kier molecular flexibility index (Phi) is 4.91. The maximum Gasteiger partial charge on any atom is 0.227 e. The summed E-state index contributed by atoms with van der Waals surface area (Å²) in [6.07, 6.45) is 5.34. The second-order valence-electron chi connectivity index (χ2n) is 6.85. The number of benzene rings is 1. The van der Waals surface area contributed by atoms with Crippen LogP contribution in [0.5, 0.6) is 0 Å². The fraction of sp³-hybridized carbons (Fsp3) is 0.300. The molecule has 1 N–H and O–H groups in total. The molecule has 0 aliphatic carbocycles. The summed E-state index contributed by atoms with van der Waals surface area (Å²) >= 11 is 0. The molecule has 1 amide bonds. The molecule has 1 unspecified atom stereocenters. The quantitative estimate of drug-likeness (QED) is 0.754. The standard InChI is InChI=1S/C20H20FN5O/c21-17-3-1-2-14(10-17)12-19(27)26-9-6-15(13-26)11-18-23-20(25-24-18)16-4-7-22-8-5-16/h1-5,7-8,10,15H,6,9,11-13H2,(H,23,24,25). The van der Waals surface area contributed by atoms with Crippen LogP contribution in [0.25, 0.3) is 11.4 Å². The molecule has 3 heterocycles. The topological polar surface area (TPSA) is 74.8 Å². The van der Waals surface area contributed by atoms with Crippen LogP contribution in [-0.2, 0) is 17.6 Å². The number of pyridine rings is 1. The molecule has 0 radical (unpaired) electrons. The van der Waals surface area contributed by atoms with Crippen molar-refractivity contribution in [1.82, 2.24) is 25.1 Å². The van der Waals surface area contributed by atoms with Crippen molar-refractivity contribution in [2.75, 3.05) is 13.1 Å². The molecule has 0 saturated carbocycles. The van der Waals surface area contributed by atoms with E-state index in [-0.39, 0.29) is 18.1 Å². The number of halogens is 1. The summed E-state index contributed by atoms with van der Waals surface area (Å²) in [5.41, 5.74) is 1.63. The number of carbonyl (C=O) groups excluding carboxylic acids is 1. The molecule has 1 atom stereocenters. The van der Waals surface area contributed by atoms with E-state index in [2.05, 4.69) is 20.2 Å². The fourth-order valence-electron chi connectivity index (χ4n) is 3.45. The van der Waals surface area contributed by atoms with Crippen LogP contribution in [0.2, 0.25) is 0 Å². The highest BCUT2D eigenvalue weighted by atomic mass is 19.1. The van der Waals surface area contributed by atoms with Gasteiger partial charge in [-0.05, 0) is 42.2 Å². The summed E-state index contributed by atoms with van der Waals surface area (Å²) in [4.78, 5) is 22.9. The number of hydrogen-bond acceptors (Lipinski definition) is 4. The number of hydrogen-bond donors (Lipinski definition) is 1. The lowest BCUT2D eigenvalue weighted by molar-refractivity contribution is -0.129. The number of aromatic nitrogens is 4. The summed E-state index contributed by atoms with van der Waals surface area (Å²) in [5.74, 6) is 1.56. The van der Waals surface area contributed by atoms with Crippen LogP contribution in [0.1, 0.15) is 17.8 Å². The number of carbonyl (C=O) groups is 1. The molecular weight excluding hydrogens is 345 g/mol. The monoisotopic (exact) mass is 365 g/mol. The first-order chi connectivity index (χ1) is 13.2. The minimum Gasteiger partial charge on any atom is -0.342 e. The molecular formula is C20H20FN5O. The smallest absolute Gasteiger partial charge is 0.227 e. The van der Waals surface area contributed by atoms with E-state index in [0.29, 0.717) is 23.9 Å². The molecule has 27 heavy (non-hydrogen) atoms. The van der Waals surface area contributed by atoms with Gasteiger partial charge in [0.15, 0.2) is 5.82 Å². The highest BCUT2D eigenvalue weighted by Gasteiger charge is 2.27. The predicted octanol–water partition coefficient (Wildman–Crippen LogP) is 2.64. The van der Waals surface area contributed by atoms with E-state index in [4.69, 9.17) is 0 Å². The lowest BCUT2D eigenvalue weighted by Crippen LogP contribution is -2.30. The first-order valence-electron chi connectivity index (χ1n) is 9.01. The lowest BCUT2D eigenvalue weighted by atomic mass is 10.0. The number of H-pyrrole nitrogens is 1. The Hall–Kier alpha value is -3.09. The van der Waals surface area contributed by atoms with E-state index in [1.54, 1.807) is 24.5 Å². The van der Waals surface area contributed by atoms with Crippen molar-refractivity contribution in [3.63, 3.8) is 0 Å². The van der Waals surface area contributed by atoms with Gasteiger partial charge in [-0.1, -0.05) is 12.1 Å². The average molecular weight is 365 g/mol. The number of nitrogens with zero attached hydrogens (tertiary/aromatic N) is 4. The fourth-order valence-corrected chi connectivity index (χ4v) is 3.45. The van der Waals surface area contributed by atoms with Crippen molar-refractivity contribution < 1.29 is 9.18 Å². The van der Waals surface area contributed by atoms with Crippen LogP contribution < -0.4 is 0 Å². The Morgan fingerprint density at radius 2 is 2.11 bits per heavy atom. The minimum absolute atomic E-state index is 0.0399. The van der Waals surface area contributed by atoms with Crippen molar-refractivity contribution in [1.29, 1.82) is 0 Å². The second-order valence-corrected chi connectivity index (χ2v) is 6.85. The summed E-state index contributed by atoms with van der Waals surface area (Å²) in [6.45, 7) is 1.42. The number of aromatic amines is 1. The lowest BCUT2D eigenvalue weighted by Gasteiger charge is -2.16. The molecule has 1 aliphatic heterocycles. The summed E-state index contributed by atoms with van der Waals surface area (Å²) < 4.78 is 13.3. The molecule has 6 nitrogen and oxygen atoms in total. The van der Waals surface area contributed by atoms with Gasteiger partial charge in [-0.15, -0.1) is 0 Å². The molecule has 1 fully saturated rings. The number of amides is 1. The zero-order valence-corrected chi connectivity index (χ0v) is 14.8. The zero-order valence-electron chi connectivity index (χ0n) is 14.8. The van der Waals surface area contributed by atoms with Gasteiger partial charge in [0, 0.05) is 37.5 Å². The van der Waals surface area contributed by atoms with E-state index in [0.717, 1.165) is 30.8 Å². The molecule has 0 spiro atoms.